The smallest absolute Gasteiger partial charge is 0.339 e. The number of hydrogen-bond acceptors (Lipinski definition) is 4. The van der Waals surface area contributed by atoms with Crippen molar-refractivity contribution < 1.29 is 29.3 Å². The Morgan fingerprint density at radius 3 is 1.30 bits per heavy atom. The van der Waals surface area contributed by atoms with Crippen LogP contribution in [0.15, 0.2) is 24.3 Å². The molecule has 0 aliphatic rings. The molecule has 0 radical (unpaired) electrons. The highest BCUT2D eigenvalue weighted by Crippen LogP contribution is 2.32. The van der Waals surface area contributed by atoms with E-state index < -0.39 is 23.1 Å². The topological polar surface area (TPSA) is 93.1 Å². The maximum absolute atomic E-state index is 11.5. The fourth-order valence-corrected chi connectivity index (χ4v) is 1.34. The molecule has 6 heteroatoms. The van der Waals surface area contributed by atoms with Crippen LogP contribution >= 0.6 is 0 Å². The molecular weight excluding hydrogens is 264 g/mol. The number of carboxylic acid groups (broad SMARTS) is 2. The van der Waals surface area contributed by atoms with Crippen LogP contribution in [0.1, 0.15) is 27.7 Å². The van der Waals surface area contributed by atoms with Crippen LogP contribution in [0.5, 0.6) is 0 Å². The van der Waals surface area contributed by atoms with Gasteiger partial charge in [0.15, 0.2) is 0 Å². The van der Waals surface area contributed by atoms with Gasteiger partial charge in [0.25, 0.3) is 0 Å². The zero-order valence-corrected chi connectivity index (χ0v) is 12.4. The SMILES string of the molecule is C=C(C)COC(C)(C(=O)O)C(C)(OCC(=C)C)C(=O)O. The molecule has 2 N–H and O–H groups in total. The van der Waals surface area contributed by atoms with Crippen LogP contribution in [0.4, 0.5) is 0 Å². The minimum absolute atomic E-state index is 0.0812. The van der Waals surface area contributed by atoms with E-state index in [-0.39, 0.29) is 13.2 Å². The summed E-state index contributed by atoms with van der Waals surface area (Å²) < 4.78 is 10.6. The summed E-state index contributed by atoms with van der Waals surface area (Å²) in [6.07, 6.45) is 0. The van der Waals surface area contributed by atoms with Gasteiger partial charge in [-0.3, -0.25) is 0 Å². The Morgan fingerprint density at radius 2 is 1.15 bits per heavy atom. The van der Waals surface area contributed by atoms with E-state index in [1.165, 1.54) is 13.8 Å². The van der Waals surface area contributed by atoms with Crippen molar-refractivity contribution in [2.75, 3.05) is 13.2 Å². The molecule has 0 aliphatic carbocycles. The number of hydrogen-bond donors (Lipinski definition) is 2. The summed E-state index contributed by atoms with van der Waals surface area (Å²) >= 11 is 0. The van der Waals surface area contributed by atoms with E-state index in [0.717, 1.165) is 0 Å². The lowest BCUT2D eigenvalue weighted by Crippen LogP contribution is -2.63. The third kappa shape index (κ3) is 3.91. The van der Waals surface area contributed by atoms with Gasteiger partial charge in [-0.25, -0.2) is 9.59 Å². The molecule has 2 atom stereocenters. The Kier molecular flexibility index (Phi) is 6.12. The molecular formula is C14H22O6. The van der Waals surface area contributed by atoms with E-state index in [1.807, 2.05) is 0 Å². The van der Waals surface area contributed by atoms with Gasteiger partial charge in [-0.1, -0.05) is 24.3 Å². The monoisotopic (exact) mass is 286 g/mol. The maximum atomic E-state index is 11.5. The standard InChI is InChI=1S/C14H22O6/c1-9(2)7-19-13(5,11(15)16)14(6,12(17)18)20-8-10(3)4/h1,3,7-8H2,2,4-6H3,(H,15,16)(H,17,18). The zero-order valence-electron chi connectivity index (χ0n) is 12.4. The molecule has 0 saturated carbocycles. The molecule has 6 nitrogen and oxygen atoms in total. The quantitative estimate of drug-likeness (QED) is 0.628. The maximum Gasteiger partial charge on any atom is 0.339 e. The van der Waals surface area contributed by atoms with Crippen LogP contribution in [-0.2, 0) is 19.1 Å². The van der Waals surface area contributed by atoms with Crippen molar-refractivity contribution in [3.8, 4) is 0 Å². The Morgan fingerprint density at radius 1 is 0.900 bits per heavy atom. The third-order valence-electron chi connectivity index (χ3n) is 2.94. The van der Waals surface area contributed by atoms with Crippen molar-refractivity contribution in [3.63, 3.8) is 0 Å². The molecule has 20 heavy (non-hydrogen) atoms. The van der Waals surface area contributed by atoms with E-state index in [1.54, 1.807) is 13.8 Å². The van der Waals surface area contributed by atoms with E-state index in [2.05, 4.69) is 13.2 Å². The predicted octanol–water partition coefficient (Wildman–Crippen LogP) is 1.86. The second-order valence-electron chi connectivity index (χ2n) is 5.17. The van der Waals surface area contributed by atoms with E-state index in [0.29, 0.717) is 11.1 Å². The zero-order chi connectivity index (χ0) is 16.1. The van der Waals surface area contributed by atoms with Gasteiger partial charge in [-0.2, -0.15) is 0 Å². The molecule has 0 amide bonds. The minimum atomic E-state index is -2.06. The first-order valence-electron chi connectivity index (χ1n) is 6.01. The lowest BCUT2D eigenvalue weighted by Gasteiger charge is -2.39. The largest absolute Gasteiger partial charge is 0.479 e. The van der Waals surface area contributed by atoms with E-state index in [9.17, 15) is 19.8 Å². The summed E-state index contributed by atoms with van der Waals surface area (Å²) in [5.41, 5.74) is -2.98. The molecule has 0 saturated heterocycles. The molecule has 0 heterocycles. The van der Waals surface area contributed by atoms with Gasteiger partial charge < -0.3 is 19.7 Å². The van der Waals surface area contributed by atoms with Gasteiger partial charge in [0.2, 0.25) is 11.2 Å². The molecule has 0 rings (SSSR count). The van der Waals surface area contributed by atoms with Crippen molar-refractivity contribution in [1.29, 1.82) is 0 Å². The Hall–Kier alpha value is -1.66. The summed E-state index contributed by atoms with van der Waals surface area (Å²) in [6.45, 7) is 12.7. The molecule has 0 aliphatic heterocycles. The van der Waals surface area contributed by atoms with Gasteiger partial charge in [0.1, 0.15) is 0 Å². The van der Waals surface area contributed by atoms with Crippen LogP contribution < -0.4 is 0 Å². The average molecular weight is 286 g/mol. The Balaban J connectivity index is 5.53. The summed E-state index contributed by atoms with van der Waals surface area (Å²) in [5.74, 6) is -2.85. The van der Waals surface area contributed by atoms with Gasteiger partial charge >= 0.3 is 11.9 Å². The summed E-state index contributed by atoms with van der Waals surface area (Å²) in [7, 11) is 0. The lowest BCUT2D eigenvalue weighted by atomic mass is 9.85. The van der Waals surface area contributed by atoms with Crippen LogP contribution in [0.3, 0.4) is 0 Å². The van der Waals surface area contributed by atoms with Gasteiger partial charge in [-0.15, -0.1) is 0 Å². The second-order valence-corrected chi connectivity index (χ2v) is 5.17. The van der Waals surface area contributed by atoms with Crippen LogP contribution in [0.2, 0.25) is 0 Å². The van der Waals surface area contributed by atoms with Crippen molar-refractivity contribution in [2.24, 2.45) is 0 Å². The van der Waals surface area contributed by atoms with Crippen LogP contribution in [0, 0.1) is 0 Å². The van der Waals surface area contributed by atoms with Crippen molar-refractivity contribution in [1.82, 2.24) is 0 Å². The first-order chi connectivity index (χ1) is 8.97. The molecule has 0 aromatic carbocycles. The average Bonchev–Trinajstić information content (AvgIpc) is 2.31. The van der Waals surface area contributed by atoms with Crippen molar-refractivity contribution >= 4 is 11.9 Å². The number of carboxylic acids is 2. The molecule has 0 bridgehead atoms. The number of aliphatic carboxylic acids is 2. The predicted molar refractivity (Wildman–Crippen MR) is 73.6 cm³/mol. The number of carbonyl (C=O) groups is 2. The molecule has 114 valence electrons. The fraction of sp³-hybridized carbons (Fsp3) is 0.571. The van der Waals surface area contributed by atoms with E-state index in [4.69, 9.17) is 9.47 Å². The summed E-state index contributed by atoms with van der Waals surface area (Å²) in [6, 6.07) is 0. The Bertz CT molecular complexity index is 387. The highest BCUT2D eigenvalue weighted by Gasteiger charge is 2.58. The highest BCUT2D eigenvalue weighted by molar-refractivity contribution is 5.90. The molecule has 2 unspecified atom stereocenters. The fourth-order valence-electron chi connectivity index (χ4n) is 1.34. The van der Waals surface area contributed by atoms with Gasteiger partial charge in [0.05, 0.1) is 13.2 Å². The van der Waals surface area contributed by atoms with Crippen LogP contribution in [0.25, 0.3) is 0 Å². The first kappa shape index (κ1) is 18.3. The Labute approximate surface area is 118 Å². The van der Waals surface area contributed by atoms with Crippen molar-refractivity contribution in [2.45, 2.75) is 38.9 Å². The van der Waals surface area contributed by atoms with Crippen molar-refractivity contribution in [3.05, 3.63) is 24.3 Å². The molecule has 0 fully saturated rings. The number of ether oxygens (including phenoxy) is 2. The first-order valence-corrected chi connectivity index (χ1v) is 6.01. The molecule has 0 aromatic heterocycles. The highest BCUT2D eigenvalue weighted by atomic mass is 16.6. The summed E-state index contributed by atoms with van der Waals surface area (Å²) in [5, 5.41) is 18.7. The van der Waals surface area contributed by atoms with Crippen LogP contribution in [-0.4, -0.2) is 46.6 Å². The van der Waals surface area contributed by atoms with Gasteiger partial charge in [0, 0.05) is 0 Å². The normalized spacial score (nSPS) is 16.8. The third-order valence-corrected chi connectivity index (χ3v) is 2.94. The van der Waals surface area contributed by atoms with Gasteiger partial charge in [-0.05, 0) is 27.7 Å². The molecule has 0 aromatic rings. The summed E-state index contributed by atoms with van der Waals surface area (Å²) in [4.78, 5) is 23.0. The molecule has 0 spiro atoms. The lowest BCUT2D eigenvalue weighted by molar-refractivity contribution is -0.218. The minimum Gasteiger partial charge on any atom is -0.479 e. The van der Waals surface area contributed by atoms with E-state index >= 15 is 0 Å². The second kappa shape index (κ2) is 6.67. The number of rotatable bonds is 9.